The number of aromatic nitrogens is 1. The van der Waals surface area contributed by atoms with Gasteiger partial charge in [-0.1, -0.05) is 13.3 Å². The Balaban J connectivity index is 0. The Morgan fingerprint density at radius 1 is 1.40 bits per heavy atom. The Labute approximate surface area is 138 Å². The second-order valence-electron chi connectivity index (χ2n) is 4.70. The van der Waals surface area contributed by atoms with Gasteiger partial charge in [0.1, 0.15) is 0 Å². The van der Waals surface area contributed by atoms with E-state index >= 15 is 0 Å². The number of aryl methyl sites for hydroxylation is 2. The van der Waals surface area contributed by atoms with Crippen LogP contribution in [0.1, 0.15) is 48.3 Å². The molecule has 0 fully saturated rings. The number of nitrogens with zero attached hydrogens (tertiary/aromatic N) is 2. The summed E-state index contributed by atoms with van der Waals surface area (Å²) in [5, 5.41) is 1.04. The molecule has 0 aromatic carbocycles. The van der Waals surface area contributed by atoms with E-state index in [1.165, 1.54) is 0 Å². The van der Waals surface area contributed by atoms with Crippen molar-refractivity contribution in [1.29, 1.82) is 0 Å². The van der Waals surface area contributed by atoms with Crippen LogP contribution in [-0.4, -0.2) is 28.9 Å². The SMILES string of the molecule is CCCC(N)C(=O)N(C)C(C)c1sc(C)nc1C.Cl.Cl. The predicted octanol–water partition coefficient (Wildman–Crippen LogP) is 3.25. The molecule has 2 unspecified atom stereocenters. The summed E-state index contributed by atoms with van der Waals surface area (Å²) in [4.78, 5) is 19.4. The van der Waals surface area contributed by atoms with Crippen molar-refractivity contribution in [2.75, 3.05) is 7.05 Å². The molecule has 0 aliphatic rings. The van der Waals surface area contributed by atoms with Gasteiger partial charge in [0.25, 0.3) is 0 Å². The van der Waals surface area contributed by atoms with Crippen molar-refractivity contribution in [3.8, 4) is 0 Å². The van der Waals surface area contributed by atoms with E-state index in [1.54, 1.807) is 16.2 Å². The van der Waals surface area contributed by atoms with Crippen LogP contribution in [0, 0.1) is 13.8 Å². The average Bonchev–Trinajstić information content (AvgIpc) is 2.66. The highest BCUT2D eigenvalue weighted by Gasteiger charge is 2.24. The lowest BCUT2D eigenvalue weighted by atomic mass is 10.1. The summed E-state index contributed by atoms with van der Waals surface area (Å²) in [5.74, 6) is 0.00908. The molecule has 1 amide bonds. The van der Waals surface area contributed by atoms with Gasteiger partial charge in [-0.15, -0.1) is 36.2 Å². The predicted molar refractivity (Wildman–Crippen MR) is 90.2 cm³/mol. The normalized spacial score (nSPS) is 12.9. The lowest BCUT2D eigenvalue weighted by Gasteiger charge is -2.27. The van der Waals surface area contributed by atoms with Crippen LogP contribution in [0.3, 0.4) is 0 Å². The number of carbonyl (C=O) groups is 1. The van der Waals surface area contributed by atoms with Crippen LogP contribution in [-0.2, 0) is 4.79 Å². The number of hydrogen-bond acceptors (Lipinski definition) is 4. The fourth-order valence-electron chi connectivity index (χ4n) is 2.00. The van der Waals surface area contributed by atoms with E-state index in [9.17, 15) is 4.79 Å². The summed E-state index contributed by atoms with van der Waals surface area (Å²) >= 11 is 1.65. The highest BCUT2D eigenvalue weighted by atomic mass is 35.5. The fraction of sp³-hybridized carbons (Fsp3) is 0.692. The lowest BCUT2D eigenvalue weighted by Crippen LogP contribution is -2.42. The second kappa shape index (κ2) is 9.55. The van der Waals surface area contributed by atoms with Gasteiger partial charge in [-0.05, 0) is 27.2 Å². The zero-order valence-electron chi connectivity index (χ0n) is 12.7. The molecule has 20 heavy (non-hydrogen) atoms. The van der Waals surface area contributed by atoms with Crippen LogP contribution in [0.5, 0.6) is 0 Å². The van der Waals surface area contributed by atoms with Crippen molar-refractivity contribution in [1.82, 2.24) is 9.88 Å². The van der Waals surface area contributed by atoms with E-state index in [2.05, 4.69) is 4.98 Å². The highest BCUT2D eigenvalue weighted by Crippen LogP contribution is 2.28. The monoisotopic (exact) mass is 341 g/mol. The number of halogens is 2. The molecular weight excluding hydrogens is 317 g/mol. The van der Waals surface area contributed by atoms with Crippen LogP contribution >= 0.6 is 36.2 Å². The minimum atomic E-state index is -0.392. The molecule has 0 spiro atoms. The molecule has 1 rings (SSSR count). The van der Waals surface area contributed by atoms with Gasteiger partial charge in [-0.3, -0.25) is 4.79 Å². The Morgan fingerprint density at radius 2 is 1.95 bits per heavy atom. The second-order valence-corrected chi connectivity index (χ2v) is 5.94. The molecule has 1 aromatic heterocycles. The van der Waals surface area contributed by atoms with Crippen molar-refractivity contribution >= 4 is 42.1 Å². The maximum absolute atomic E-state index is 12.2. The maximum atomic E-state index is 12.2. The first kappa shape index (κ1) is 21.9. The number of carbonyl (C=O) groups excluding carboxylic acids is 1. The summed E-state index contributed by atoms with van der Waals surface area (Å²) in [6.45, 7) is 8.03. The van der Waals surface area contributed by atoms with E-state index in [-0.39, 0.29) is 36.8 Å². The molecule has 0 aliphatic heterocycles. The van der Waals surface area contributed by atoms with Gasteiger partial charge in [-0.25, -0.2) is 4.98 Å². The molecule has 7 heteroatoms. The van der Waals surface area contributed by atoms with E-state index < -0.39 is 6.04 Å². The number of likely N-dealkylation sites (N-methyl/N-ethyl adjacent to an activating group) is 1. The first-order valence-electron chi connectivity index (χ1n) is 6.34. The van der Waals surface area contributed by atoms with E-state index in [0.717, 1.165) is 28.4 Å². The molecule has 0 aliphatic carbocycles. The summed E-state index contributed by atoms with van der Waals surface area (Å²) in [5.41, 5.74) is 6.89. The van der Waals surface area contributed by atoms with Gasteiger partial charge < -0.3 is 10.6 Å². The molecular formula is C13H25Cl2N3OS. The smallest absolute Gasteiger partial charge is 0.239 e. The summed E-state index contributed by atoms with van der Waals surface area (Å²) in [7, 11) is 1.82. The van der Waals surface area contributed by atoms with Crippen molar-refractivity contribution in [3.63, 3.8) is 0 Å². The molecule has 0 radical (unpaired) electrons. The molecule has 2 atom stereocenters. The number of amides is 1. The van der Waals surface area contributed by atoms with Crippen LogP contribution in [0.15, 0.2) is 0 Å². The van der Waals surface area contributed by atoms with E-state index in [4.69, 9.17) is 5.73 Å². The van der Waals surface area contributed by atoms with Crippen LogP contribution in [0.25, 0.3) is 0 Å². The van der Waals surface area contributed by atoms with Gasteiger partial charge >= 0.3 is 0 Å². The Morgan fingerprint density at radius 3 is 2.35 bits per heavy atom. The van der Waals surface area contributed by atoms with Gasteiger partial charge in [0, 0.05) is 11.9 Å². The van der Waals surface area contributed by atoms with Crippen molar-refractivity contribution in [2.24, 2.45) is 5.73 Å². The quantitative estimate of drug-likeness (QED) is 0.894. The van der Waals surface area contributed by atoms with Gasteiger partial charge in [0.05, 0.1) is 22.8 Å². The van der Waals surface area contributed by atoms with Crippen molar-refractivity contribution in [2.45, 2.75) is 52.6 Å². The van der Waals surface area contributed by atoms with Crippen molar-refractivity contribution < 1.29 is 4.79 Å². The molecule has 0 bridgehead atoms. The van der Waals surface area contributed by atoms with E-state index in [1.807, 2.05) is 34.7 Å². The third-order valence-corrected chi connectivity index (χ3v) is 4.41. The molecule has 1 heterocycles. The fourth-order valence-corrected chi connectivity index (χ4v) is 3.02. The molecule has 118 valence electrons. The number of nitrogens with two attached hydrogens (primary N) is 1. The minimum absolute atomic E-state index is 0. The number of rotatable bonds is 5. The zero-order valence-corrected chi connectivity index (χ0v) is 15.1. The Hall–Kier alpha value is -0.360. The van der Waals surface area contributed by atoms with Crippen LogP contribution < -0.4 is 5.73 Å². The third kappa shape index (κ3) is 5.20. The standard InChI is InChI=1S/C13H23N3OS.2ClH/c1-6-7-11(14)13(17)16(5)9(3)12-8(2)15-10(4)18-12;;/h9,11H,6-7,14H2,1-5H3;2*1H. The Bertz CT molecular complexity index is 426. The maximum Gasteiger partial charge on any atom is 0.239 e. The molecule has 1 aromatic rings. The molecule has 4 nitrogen and oxygen atoms in total. The summed E-state index contributed by atoms with van der Waals surface area (Å²) < 4.78 is 0. The van der Waals surface area contributed by atoms with Crippen molar-refractivity contribution in [3.05, 3.63) is 15.6 Å². The summed E-state index contributed by atoms with van der Waals surface area (Å²) in [6, 6.07) is -0.358. The first-order chi connectivity index (χ1) is 8.38. The van der Waals surface area contributed by atoms with E-state index in [0.29, 0.717) is 0 Å². The zero-order chi connectivity index (χ0) is 13.9. The molecule has 2 N–H and O–H groups in total. The van der Waals surface area contributed by atoms with Crippen LogP contribution in [0.2, 0.25) is 0 Å². The molecule has 0 saturated heterocycles. The number of hydrogen-bond donors (Lipinski definition) is 1. The Kier molecular flexibility index (Phi) is 10.5. The largest absolute Gasteiger partial charge is 0.337 e. The average molecular weight is 342 g/mol. The molecule has 0 saturated carbocycles. The topological polar surface area (TPSA) is 59.2 Å². The lowest BCUT2D eigenvalue weighted by molar-refractivity contribution is -0.133. The first-order valence-corrected chi connectivity index (χ1v) is 7.16. The van der Waals surface area contributed by atoms with Crippen LogP contribution in [0.4, 0.5) is 0 Å². The number of thiazole rings is 1. The highest BCUT2D eigenvalue weighted by molar-refractivity contribution is 7.11. The van der Waals surface area contributed by atoms with Gasteiger partial charge in [-0.2, -0.15) is 0 Å². The third-order valence-electron chi connectivity index (χ3n) is 3.16. The van der Waals surface area contributed by atoms with Gasteiger partial charge in [0.2, 0.25) is 5.91 Å². The van der Waals surface area contributed by atoms with Gasteiger partial charge in [0.15, 0.2) is 0 Å². The summed E-state index contributed by atoms with van der Waals surface area (Å²) in [6.07, 6.45) is 1.66. The minimum Gasteiger partial charge on any atom is -0.337 e.